The quantitative estimate of drug-likeness (QED) is 0.869. The maximum atomic E-state index is 4.71. The van der Waals surface area contributed by atoms with E-state index in [2.05, 4.69) is 31.5 Å². The van der Waals surface area contributed by atoms with E-state index in [1.165, 1.54) is 30.7 Å². The van der Waals surface area contributed by atoms with Crippen LogP contribution in [-0.4, -0.2) is 11.5 Å². The lowest BCUT2D eigenvalue weighted by molar-refractivity contribution is 0.330. The first-order valence-corrected chi connectivity index (χ1v) is 7.22. The van der Waals surface area contributed by atoms with Crippen LogP contribution in [0.5, 0.6) is 0 Å². The van der Waals surface area contributed by atoms with E-state index < -0.39 is 0 Å². The Balaban J connectivity index is 2.20. The van der Waals surface area contributed by atoms with Crippen molar-refractivity contribution in [2.45, 2.75) is 52.0 Å². The number of rotatable bonds is 4. The van der Waals surface area contributed by atoms with Gasteiger partial charge in [0.2, 0.25) is 0 Å². The highest BCUT2D eigenvalue weighted by Crippen LogP contribution is 2.42. The molecule has 1 heterocycles. The molecule has 1 aromatic rings. The van der Waals surface area contributed by atoms with Gasteiger partial charge in [-0.05, 0) is 45.1 Å². The van der Waals surface area contributed by atoms with Crippen molar-refractivity contribution >= 4 is 11.3 Å². The number of thiazole rings is 1. The van der Waals surface area contributed by atoms with E-state index in [-0.39, 0.29) is 5.54 Å². The van der Waals surface area contributed by atoms with E-state index in [4.69, 9.17) is 4.98 Å². The Bertz CT molecular complexity index is 347. The topological polar surface area (TPSA) is 24.9 Å². The van der Waals surface area contributed by atoms with Crippen LogP contribution in [0.15, 0.2) is 5.38 Å². The monoisotopic (exact) mass is 238 g/mol. The molecule has 1 aromatic heterocycles. The lowest BCUT2D eigenvalue weighted by Crippen LogP contribution is -2.40. The van der Waals surface area contributed by atoms with Crippen LogP contribution in [0.25, 0.3) is 0 Å². The molecule has 1 aliphatic carbocycles. The first kappa shape index (κ1) is 12.1. The Labute approximate surface area is 102 Å². The number of hydrogen-bond donors (Lipinski definition) is 1. The molecule has 0 saturated heterocycles. The van der Waals surface area contributed by atoms with E-state index in [9.17, 15) is 0 Å². The third kappa shape index (κ3) is 2.30. The van der Waals surface area contributed by atoms with Gasteiger partial charge in [0.25, 0.3) is 0 Å². The summed E-state index contributed by atoms with van der Waals surface area (Å²) in [5.74, 6) is 0.827. The van der Waals surface area contributed by atoms with Crippen molar-refractivity contribution in [1.82, 2.24) is 10.3 Å². The normalized spacial score (nSPS) is 29.8. The summed E-state index contributed by atoms with van der Waals surface area (Å²) in [4.78, 5) is 4.71. The molecule has 0 aromatic carbocycles. The largest absolute Gasteiger partial charge is 0.305 e. The Kier molecular flexibility index (Phi) is 3.65. The van der Waals surface area contributed by atoms with E-state index in [1.54, 1.807) is 0 Å². The lowest BCUT2D eigenvalue weighted by Gasteiger charge is -2.28. The van der Waals surface area contributed by atoms with Gasteiger partial charge >= 0.3 is 0 Å². The summed E-state index contributed by atoms with van der Waals surface area (Å²) < 4.78 is 0. The number of aryl methyl sites for hydroxylation is 1. The summed E-state index contributed by atoms with van der Waals surface area (Å²) in [5.41, 5.74) is 1.35. The van der Waals surface area contributed by atoms with Gasteiger partial charge in [-0.1, -0.05) is 13.8 Å². The average molecular weight is 238 g/mol. The van der Waals surface area contributed by atoms with E-state index in [0.717, 1.165) is 18.2 Å². The Morgan fingerprint density at radius 2 is 2.44 bits per heavy atom. The summed E-state index contributed by atoms with van der Waals surface area (Å²) in [5, 5.41) is 7.24. The predicted molar refractivity (Wildman–Crippen MR) is 69.8 cm³/mol. The molecule has 0 amide bonds. The maximum absolute atomic E-state index is 4.71. The van der Waals surface area contributed by atoms with Crippen LogP contribution in [0.1, 0.15) is 50.2 Å². The minimum Gasteiger partial charge on any atom is -0.305 e. The van der Waals surface area contributed by atoms with Gasteiger partial charge in [0.1, 0.15) is 5.01 Å². The molecule has 0 spiro atoms. The zero-order chi connectivity index (χ0) is 11.6. The first-order chi connectivity index (χ1) is 7.66. The van der Waals surface area contributed by atoms with E-state index in [0.29, 0.717) is 0 Å². The second kappa shape index (κ2) is 4.84. The minimum atomic E-state index is 0.189. The highest BCUT2D eigenvalue weighted by molar-refractivity contribution is 7.09. The van der Waals surface area contributed by atoms with Crippen LogP contribution in [-0.2, 0) is 5.54 Å². The van der Waals surface area contributed by atoms with Crippen LogP contribution in [0, 0.1) is 12.8 Å². The van der Waals surface area contributed by atoms with Gasteiger partial charge in [0.05, 0.1) is 5.54 Å². The zero-order valence-corrected chi connectivity index (χ0v) is 11.4. The molecular formula is C13H22N2S. The molecule has 1 N–H and O–H groups in total. The molecule has 16 heavy (non-hydrogen) atoms. The van der Waals surface area contributed by atoms with Crippen molar-refractivity contribution < 1.29 is 0 Å². The van der Waals surface area contributed by atoms with Crippen molar-refractivity contribution in [2.75, 3.05) is 6.54 Å². The third-order valence-corrected chi connectivity index (χ3v) is 4.67. The van der Waals surface area contributed by atoms with Gasteiger partial charge in [-0.15, -0.1) is 11.3 Å². The van der Waals surface area contributed by atoms with Gasteiger partial charge in [-0.3, -0.25) is 0 Å². The smallest absolute Gasteiger partial charge is 0.113 e. The zero-order valence-electron chi connectivity index (χ0n) is 10.5. The van der Waals surface area contributed by atoms with Crippen molar-refractivity contribution in [3.05, 3.63) is 16.1 Å². The van der Waals surface area contributed by atoms with E-state index in [1.807, 2.05) is 11.3 Å². The molecule has 90 valence electrons. The molecule has 2 atom stereocenters. The number of hydrogen-bond acceptors (Lipinski definition) is 3. The molecule has 2 nitrogen and oxygen atoms in total. The Morgan fingerprint density at radius 3 is 2.94 bits per heavy atom. The SMILES string of the molecule is CCCNC1(c2nc(C)cs2)CCC(C)C1. The molecule has 1 saturated carbocycles. The highest BCUT2D eigenvalue weighted by atomic mass is 32.1. The van der Waals surface area contributed by atoms with Crippen LogP contribution in [0.3, 0.4) is 0 Å². The van der Waals surface area contributed by atoms with Gasteiger partial charge in [-0.25, -0.2) is 4.98 Å². The van der Waals surface area contributed by atoms with Crippen LogP contribution in [0.2, 0.25) is 0 Å². The number of nitrogens with zero attached hydrogens (tertiary/aromatic N) is 1. The second-order valence-corrected chi connectivity index (χ2v) is 6.01. The van der Waals surface area contributed by atoms with Gasteiger partial charge in [0.15, 0.2) is 0 Å². The van der Waals surface area contributed by atoms with Gasteiger partial charge in [-0.2, -0.15) is 0 Å². The molecule has 0 radical (unpaired) electrons. The second-order valence-electron chi connectivity index (χ2n) is 5.15. The van der Waals surface area contributed by atoms with Crippen molar-refractivity contribution in [2.24, 2.45) is 5.92 Å². The molecule has 2 rings (SSSR count). The molecule has 0 aliphatic heterocycles. The Hall–Kier alpha value is -0.410. The van der Waals surface area contributed by atoms with Crippen LogP contribution < -0.4 is 5.32 Å². The van der Waals surface area contributed by atoms with Crippen molar-refractivity contribution in [3.8, 4) is 0 Å². The standard InChI is InChI=1S/C13H22N2S/c1-4-7-14-13(6-5-10(2)8-13)12-15-11(3)9-16-12/h9-10,14H,4-8H2,1-3H3. The molecule has 3 heteroatoms. The molecule has 2 unspecified atom stereocenters. The third-order valence-electron chi connectivity index (χ3n) is 3.50. The predicted octanol–water partition coefficient (Wildman–Crippen LogP) is 3.47. The maximum Gasteiger partial charge on any atom is 0.113 e. The highest BCUT2D eigenvalue weighted by Gasteiger charge is 2.40. The number of aromatic nitrogens is 1. The molecule has 0 bridgehead atoms. The minimum absolute atomic E-state index is 0.189. The first-order valence-electron chi connectivity index (χ1n) is 6.34. The summed E-state index contributed by atoms with van der Waals surface area (Å²) in [6.07, 6.45) is 5.02. The average Bonchev–Trinajstić information content (AvgIpc) is 2.83. The number of nitrogens with one attached hydrogen (secondary N) is 1. The molecular weight excluding hydrogens is 216 g/mol. The Morgan fingerprint density at radius 1 is 1.62 bits per heavy atom. The van der Waals surface area contributed by atoms with Crippen LogP contribution in [0.4, 0.5) is 0 Å². The van der Waals surface area contributed by atoms with Crippen LogP contribution >= 0.6 is 11.3 Å². The fourth-order valence-electron chi connectivity index (χ4n) is 2.66. The van der Waals surface area contributed by atoms with Gasteiger partial charge < -0.3 is 5.32 Å². The van der Waals surface area contributed by atoms with Crippen molar-refractivity contribution in [1.29, 1.82) is 0 Å². The fraction of sp³-hybridized carbons (Fsp3) is 0.769. The summed E-state index contributed by atoms with van der Waals surface area (Å²) in [6.45, 7) is 7.78. The summed E-state index contributed by atoms with van der Waals surface area (Å²) >= 11 is 1.82. The van der Waals surface area contributed by atoms with Gasteiger partial charge in [0, 0.05) is 11.1 Å². The molecule has 1 aliphatic rings. The fourth-order valence-corrected chi connectivity index (χ4v) is 3.67. The van der Waals surface area contributed by atoms with E-state index >= 15 is 0 Å². The lowest BCUT2D eigenvalue weighted by atomic mass is 9.96. The summed E-state index contributed by atoms with van der Waals surface area (Å²) in [6, 6.07) is 0. The molecule has 1 fully saturated rings. The summed E-state index contributed by atoms with van der Waals surface area (Å²) in [7, 11) is 0. The van der Waals surface area contributed by atoms with Crippen molar-refractivity contribution in [3.63, 3.8) is 0 Å².